The number of nitrogens with zero attached hydrogens (tertiary/aromatic N) is 2. The number of rotatable bonds is 4. The first-order chi connectivity index (χ1) is 15.1. The van der Waals surface area contributed by atoms with Gasteiger partial charge in [0.25, 0.3) is 0 Å². The summed E-state index contributed by atoms with van der Waals surface area (Å²) in [5.41, 5.74) is 0.912. The van der Waals surface area contributed by atoms with E-state index in [-0.39, 0.29) is 17.3 Å². The normalized spacial score (nSPS) is 15.4. The quantitative estimate of drug-likeness (QED) is 0.255. The Morgan fingerprint density at radius 1 is 1.00 bits per heavy atom. The molecule has 0 bridgehead atoms. The number of hydrogen-bond donors (Lipinski definition) is 0. The van der Waals surface area contributed by atoms with E-state index in [1.54, 1.807) is 5.38 Å². The van der Waals surface area contributed by atoms with E-state index in [1.165, 1.54) is 17.4 Å². The Bertz CT molecular complexity index is 1270. The average Bonchev–Trinajstić information content (AvgIpc) is 3.25. The number of anilines is 1. The minimum absolute atomic E-state index is 0.197. The van der Waals surface area contributed by atoms with Crippen molar-refractivity contribution in [1.29, 1.82) is 0 Å². The molecule has 1 fully saturated rings. The third-order valence-corrected chi connectivity index (χ3v) is 10.0. The first-order valence-corrected chi connectivity index (χ1v) is 13.3. The summed E-state index contributed by atoms with van der Waals surface area (Å²) in [4.78, 5) is 5.65. The molecule has 12 heteroatoms. The maximum atomic E-state index is 14.6. The highest BCUT2D eigenvalue weighted by Crippen LogP contribution is 2.37. The van der Waals surface area contributed by atoms with Crippen molar-refractivity contribution in [3.8, 4) is 11.3 Å². The minimum Gasteiger partial charge on any atom is -0.348 e. The van der Waals surface area contributed by atoms with Crippen LogP contribution in [0.2, 0.25) is 0 Å². The smallest absolute Gasteiger partial charge is 0.185 e. The number of aromatic nitrogens is 1. The van der Waals surface area contributed by atoms with E-state index in [0.717, 1.165) is 18.2 Å². The molecule has 2 heterocycles. The molecule has 1 saturated heterocycles. The van der Waals surface area contributed by atoms with Crippen LogP contribution in [0.3, 0.4) is 0 Å². The molecule has 32 heavy (non-hydrogen) atoms. The van der Waals surface area contributed by atoms with Crippen molar-refractivity contribution < 1.29 is 26.0 Å². The molecule has 1 aromatic heterocycles. The van der Waals surface area contributed by atoms with Crippen LogP contribution in [0.4, 0.5) is 22.7 Å². The average molecular weight is 614 g/mol. The Hall–Kier alpha value is -1.50. The Labute approximate surface area is 202 Å². The minimum atomic E-state index is -4.13. The molecule has 3 aromatic rings. The SMILES string of the molecule is O=S(=O)(c1c(F)c(Br)cc(F)c1Br)C1CCN(c2nc(-c3ccc(F)c(F)c3)cs2)CC1. The van der Waals surface area contributed by atoms with Crippen LogP contribution in [-0.2, 0) is 9.84 Å². The lowest BCUT2D eigenvalue weighted by molar-refractivity contribution is 0.509. The molecule has 0 radical (unpaired) electrons. The Balaban J connectivity index is 1.52. The fourth-order valence-corrected chi connectivity index (χ4v) is 7.78. The van der Waals surface area contributed by atoms with E-state index in [9.17, 15) is 26.0 Å². The number of hydrogen-bond acceptors (Lipinski definition) is 5. The van der Waals surface area contributed by atoms with E-state index in [1.807, 2.05) is 4.90 Å². The highest BCUT2D eigenvalue weighted by Gasteiger charge is 2.37. The van der Waals surface area contributed by atoms with Gasteiger partial charge in [-0.2, -0.15) is 0 Å². The van der Waals surface area contributed by atoms with Gasteiger partial charge in [-0.15, -0.1) is 11.3 Å². The van der Waals surface area contributed by atoms with E-state index < -0.39 is 47.7 Å². The van der Waals surface area contributed by atoms with Crippen molar-refractivity contribution in [3.05, 3.63) is 61.9 Å². The molecule has 0 saturated carbocycles. The maximum absolute atomic E-state index is 14.6. The molecule has 170 valence electrons. The Morgan fingerprint density at radius 2 is 1.69 bits per heavy atom. The predicted molar refractivity (Wildman–Crippen MR) is 122 cm³/mol. The zero-order valence-electron chi connectivity index (χ0n) is 16.1. The van der Waals surface area contributed by atoms with Gasteiger partial charge in [0.2, 0.25) is 0 Å². The van der Waals surface area contributed by atoms with Crippen molar-refractivity contribution in [2.45, 2.75) is 23.0 Å². The second-order valence-electron chi connectivity index (χ2n) is 7.17. The highest BCUT2D eigenvalue weighted by atomic mass is 79.9. The summed E-state index contributed by atoms with van der Waals surface area (Å²) in [5.74, 6) is -3.81. The molecule has 1 aliphatic rings. The topological polar surface area (TPSA) is 50.3 Å². The largest absolute Gasteiger partial charge is 0.348 e. The lowest BCUT2D eigenvalue weighted by atomic mass is 10.1. The summed E-state index contributed by atoms with van der Waals surface area (Å²) in [6.45, 7) is 0.675. The first-order valence-electron chi connectivity index (χ1n) is 9.32. The molecule has 0 atom stereocenters. The molecule has 0 aliphatic carbocycles. The van der Waals surface area contributed by atoms with Gasteiger partial charge in [-0.25, -0.2) is 31.0 Å². The van der Waals surface area contributed by atoms with Crippen LogP contribution in [0.5, 0.6) is 0 Å². The monoisotopic (exact) mass is 612 g/mol. The van der Waals surface area contributed by atoms with E-state index in [2.05, 4.69) is 36.8 Å². The van der Waals surface area contributed by atoms with E-state index in [0.29, 0.717) is 29.5 Å². The van der Waals surface area contributed by atoms with Crippen molar-refractivity contribution in [1.82, 2.24) is 4.98 Å². The van der Waals surface area contributed by atoms with Crippen LogP contribution >= 0.6 is 43.2 Å². The van der Waals surface area contributed by atoms with Gasteiger partial charge in [-0.3, -0.25) is 0 Å². The summed E-state index contributed by atoms with van der Waals surface area (Å²) in [5, 5.41) is 1.44. The summed E-state index contributed by atoms with van der Waals surface area (Å²) >= 11 is 7.03. The zero-order chi connectivity index (χ0) is 23.2. The predicted octanol–water partition coefficient (Wildman–Crippen LogP) is 6.33. The van der Waals surface area contributed by atoms with Crippen molar-refractivity contribution in [2.24, 2.45) is 0 Å². The second-order valence-corrected chi connectivity index (χ2v) is 11.8. The third kappa shape index (κ3) is 4.34. The van der Waals surface area contributed by atoms with E-state index >= 15 is 0 Å². The van der Waals surface area contributed by atoms with Crippen molar-refractivity contribution in [3.63, 3.8) is 0 Å². The van der Waals surface area contributed by atoms with Gasteiger partial charge in [-0.1, -0.05) is 0 Å². The van der Waals surface area contributed by atoms with Gasteiger partial charge >= 0.3 is 0 Å². The van der Waals surface area contributed by atoms with Crippen LogP contribution in [0.25, 0.3) is 11.3 Å². The number of halogens is 6. The van der Waals surface area contributed by atoms with Gasteiger partial charge in [0.15, 0.2) is 32.4 Å². The second kappa shape index (κ2) is 9.03. The van der Waals surface area contributed by atoms with Crippen LogP contribution in [0.1, 0.15) is 12.8 Å². The van der Waals surface area contributed by atoms with Gasteiger partial charge in [0.05, 0.1) is 19.9 Å². The summed E-state index contributed by atoms with van der Waals surface area (Å²) in [6, 6.07) is 4.40. The molecule has 1 aliphatic heterocycles. The fourth-order valence-electron chi connectivity index (χ4n) is 3.52. The standard InChI is InChI=1S/C20H14Br2F4N2O2S2/c21-12-8-15(25)17(22)19(18(12)26)32(29,30)11-3-5-28(6-4-11)20-27-16(9-31-20)10-1-2-13(23)14(24)7-10/h1-2,7-9,11H,3-6H2. The molecule has 0 N–H and O–H groups in total. The lowest BCUT2D eigenvalue weighted by Gasteiger charge is -2.31. The molecule has 4 rings (SSSR count). The van der Waals surface area contributed by atoms with Crippen molar-refractivity contribution >= 4 is 58.2 Å². The zero-order valence-corrected chi connectivity index (χ0v) is 20.9. The molecule has 0 spiro atoms. The Morgan fingerprint density at radius 3 is 2.34 bits per heavy atom. The van der Waals surface area contributed by atoms with E-state index in [4.69, 9.17) is 0 Å². The lowest BCUT2D eigenvalue weighted by Crippen LogP contribution is -2.39. The number of sulfone groups is 1. The molecule has 2 aromatic carbocycles. The molecular weight excluding hydrogens is 600 g/mol. The van der Waals surface area contributed by atoms with Gasteiger partial charge in [0.1, 0.15) is 10.7 Å². The molecular formula is C20H14Br2F4N2O2S2. The number of benzene rings is 2. The fraction of sp³-hybridized carbons (Fsp3) is 0.250. The number of piperidine rings is 1. The number of thiazole rings is 1. The molecule has 0 amide bonds. The van der Waals surface area contributed by atoms with Crippen LogP contribution in [0, 0.1) is 23.3 Å². The summed E-state index contributed by atoms with van der Waals surface area (Å²) in [6.07, 6.45) is 0.394. The van der Waals surface area contributed by atoms with Crippen LogP contribution in [-0.4, -0.2) is 31.7 Å². The van der Waals surface area contributed by atoms with Gasteiger partial charge in [0, 0.05) is 24.0 Å². The molecule has 0 unspecified atom stereocenters. The van der Waals surface area contributed by atoms with Crippen LogP contribution in [0.15, 0.2) is 43.5 Å². The first kappa shape index (κ1) is 23.7. The summed E-state index contributed by atoms with van der Waals surface area (Å²) in [7, 11) is -4.13. The van der Waals surface area contributed by atoms with Gasteiger partial charge < -0.3 is 4.90 Å². The van der Waals surface area contributed by atoms with Crippen LogP contribution < -0.4 is 4.90 Å². The maximum Gasteiger partial charge on any atom is 0.185 e. The summed E-state index contributed by atoms with van der Waals surface area (Å²) < 4.78 is 80.7. The Kier molecular flexibility index (Phi) is 6.68. The van der Waals surface area contributed by atoms with Crippen molar-refractivity contribution in [2.75, 3.05) is 18.0 Å². The van der Waals surface area contributed by atoms with Gasteiger partial charge in [-0.05, 0) is 69.0 Å². The third-order valence-electron chi connectivity index (χ3n) is 5.21. The highest BCUT2D eigenvalue weighted by molar-refractivity contribution is 9.11. The molecule has 4 nitrogen and oxygen atoms in total.